The third-order valence-electron chi connectivity index (χ3n) is 1.14. The van der Waals surface area contributed by atoms with Crippen LogP contribution in [-0.2, 0) is 0 Å². The van der Waals surface area contributed by atoms with Crippen LogP contribution in [0.1, 0.15) is 5.56 Å². The maximum atomic E-state index is 12.4. The van der Waals surface area contributed by atoms with E-state index in [0.29, 0.717) is 0 Å². The number of rotatable bonds is 0. The Kier molecular flexibility index (Phi) is 2.00. The van der Waals surface area contributed by atoms with E-state index in [0.717, 1.165) is 6.07 Å². The van der Waals surface area contributed by atoms with Crippen molar-refractivity contribution in [3.05, 3.63) is 34.9 Å². The molecule has 1 aromatic carbocycles. The maximum Gasteiger partial charge on any atom is 0.198 e. The maximum absolute atomic E-state index is 12.4. The minimum absolute atomic E-state index is 0.980. The molecule has 0 amide bonds. The molecule has 0 aromatic heterocycles. The normalized spacial score (nSPS) is 9.58. The molecule has 0 saturated heterocycles. The van der Waals surface area contributed by atoms with Crippen molar-refractivity contribution in [1.82, 2.24) is 0 Å². The molecule has 12 heavy (non-hydrogen) atoms. The fourth-order valence-corrected chi connectivity index (χ4v) is 0.599. The predicted molar refractivity (Wildman–Crippen MR) is 29.8 cm³/mol. The molecule has 0 atom stereocenters. The number of nitrogens with zero attached hydrogens (tertiary/aromatic N) is 1. The Morgan fingerprint density at radius 2 is 1.58 bits per heavy atom. The molecule has 61 valence electrons. The van der Waals surface area contributed by atoms with E-state index in [9.17, 15) is 17.6 Å². The summed E-state index contributed by atoms with van der Waals surface area (Å²) in [6.45, 7) is 0. The highest BCUT2D eigenvalue weighted by molar-refractivity contribution is 5.30. The molecule has 0 heterocycles. The summed E-state index contributed by atoms with van der Waals surface area (Å²) in [5, 5.41) is 8.08. The van der Waals surface area contributed by atoms with Crippen LogP contribution >= 0.6 is 0 Å². The zero-order valence-corrected chi connectivity index (χ0v) is 5.46. The van der Waals surface area contributed by atoms with Gasteiger partial charge >= 0.3 is 0 Å². The minimum Gasteiger partial charge on any atom is -0.203 e. The van der Waals surface area contributed by atoms with Crippen LogP contribution in [-0.4, -0.2) is 0 Å². The summed E-state index contributed by atoms with van der Waals surface area (Å²) in [4.78, 5) is 0. The van der Waals surface area contributed by atoms with Crippen LogP contribution in [0.15, 0.2) is 0 Å². The molecule has 0 unspecified atom stereocenters. The lowest BCUT2D eigenvalue weighted by atomic mass is 10.2. The van der Waals surface area contributed by atoms with E-state index in [1.54, 1.807) is 0 Å². The van der Waals surface area contributed by atoms with Gasteiger partial charge < -0.3 is 0 Å². The lowest BCUT2D eigenvalue weighted by Crippen LogP contribution is -1.98. The third kappa shape index (κ3) is 1.11. The summed E-state index contributed by atoms with van der Waals surface area (Å²) in [5.74, 6) is -7.39. The second-order valence-corrected chi connectivity index (χ2v) is 1.87. The smallest absolute Gasteiger partial charge is 0.198 e. The van der Waals surface area contributed by atoms with Crippen molar-refractivity contribution in [3.63, 3.8) is 0 Å². The standard InChI is InChI=1S/C7F4N/c8-4-1-3(2-12)5(9)7(11)6(4)10. The first-order chi connectivity index (χ1) is 5.57. The molecule has 0 aliphatic heterocycles. The second kappa shape index (κ2) is 2.81. The van der Waals surface area contributed by atoms with E-state index in [1.807, 2.05) is 0 Å². The van der Waals surface area contributed by atoms with Crippen molar-refractivity contribution < 1.29 is 17.6 Å². The van der Waals surface area contributed by atoms with Gasteiger partial charge in [0.05, 0.1) is 0 Å². The molecule has 1 aromatic rings. The monoisotopic (exact) mass is 174 g/mol. The number of halogens is 4. The molecule has 0 aliphatic rings. The molecule has 1 rings (SSSR count). The van der Waals surface area contributed by atoms with Crippen molar-refractivity contribution in [1.29, 1.82) is 5.26 Å². The van der Waals surface area contributed by atoms with E-state index in [4.69, 9.17) is 5.26 Å². The van der Waals surface area contributed by atoms with Crippen molar-refractivity contribution in [3.8, 4) is 6.07 Å². The Morgan fingerprint density at radius 3 is 2.08 bits per heavy atom. The minimum atomic E-state index is -2.00. The van der Waals surface area contributed by atoms with Gasteiger partial charge in [-0.15, -0.1) is 0 Å². The van der Waals surface area contributed by atoms with Crippen molar-refractivity contribution >= 4 is 0 Å². The van der Waals surface area contributed by atoms with Crippen LogP contribution < -0.4 is 0 Å². The molecule has 0 spiro atoms. The Hall–Kier alpha value is -1.57. The Labute approximate surface area is 64.9 Å². The number of hydrogen-bond donors (Lipinski definition) is 0. The fraction of sp³-hybridized carbons (Fsp3) is 0. The van der Waals surface area contributed by atoms with Crippen LogP contribution in [0.25, 0.3) is 0 Å². The molecular weight excluding hydrogens is 174 g/mol. The average Bonchev–Trinajstić information content (AvgIpc) is 2.08. The first kappa shape index (κ1) is 8.53. The lowest BCUT2D eigenvalue weighted by molar-refractivity contribution is 0.407. The van der Waals surface area contributed by atoms with E-state index >= 15 is 0 Å². The van der Waals surface area contributed by atoms with E-state index in [-0.39, 0.29) is 0 Å². The van der Waals surface area contributed by atoms with Gasteiger partial charge in [0.25, 0.3) is 0 Å². The van der Waals surface area contributed by atoms with Gasteiger partial charge in [0.2, 0.25) is 0 Å². The van der Waals surface area contributed by atoms with Crippen LogP contribution in [0.3, 0.4) is 0 Å². The van der Waals surface area contributed by atoms with Gasteiger partial charge in [0.15, 0.2) is 23.3 Å². The van der Waals surface area contributed by atoms with Gasteiger partial charge in [-0.05, 0) is 0 Å². The van der Waals surface area contributed by atoms with Gasteiger partial charge in [-0.1, -0.05) is 0 Å². The van der Waals surface area contributed by atoms with Crippen molar-refractivity contribution in [2.24, 2.45) is 0 Å². The zero-order chi connectivity index (χ0) is 9.30. The molecular formula is C7F4N. The van der Waals surface area contributed by atoms with E-state index in [2.05, 4.69) is 0 Å². The highest BCUT2D eigenvalue weighted by Crippen LogP contribution is 2.16. The molecule has 1 nitrogen and oxygen atoms in total. The predicted octanol–water partition coefficient (Wildman–Crippen LogP) is 1.91. The number of hydrogen-bond acceptors (Lipinski definition) is 1. The Balaban J connectivity index is 3.52. The first-order valence-corrected chi connectivity index (χ1v) is 2.73. The molecule has 0 bridgehead atoms. The summed E-state index contributed by atoms with van der Waals surface area (Å²) in [6, 6.07) is 2.54. The Morgan fingerprint density at radius 1 is 1.00 bits per heavy atom. The largest absolute Gasteiger partial charge is 0.203 e. The van der Waals surface area contributed by atoms with E-state index < -0.39 is 28.8 Å². The SMILES string of the molecule is N#Cc1[c]c(F)c(F)c(F)c1F. The number of nitriles is 1. The summed E-state index contributed by atoms with van der Waals surface area (Å²) < 4.78 is 49.1. The van der Waals surface area contributed by atoms with Crippen molar-refractivity contribution in [2.75, 3.05) is 0 Å². The first-order valence-electron chi connectivity index (χ1n) is 2.73. The van der Waals surface area contributed by atoms with Crippen LogP contribution in [0, 0.1) is 40.7 Å². The van der Waals surface area contributed by atoms with Crippen LogP contribution in [0.2, 0.25) is 0 Å². The molecule has 0 saturated carbocycles. The fourth-order valence-electron chi connectivity index (χ4n) is 0.599. The lowest BCUT2D eigenvalue weighted by Gasteiger charge is -1.96. The average molecular weight is 174 g/mol. The second-order valence-electron chi connectivity index (χ2n) is 1.87. The molecule has 0 aliphatic carbocycles. The summed E-state index contributed by atoms with van der Waals surface area (Å²) in [6.07, 6.45) is 0. The van der Waals surface area contributed by atoms with Gasteiger partial charge in [-0.25, -0.2) is 17.6 Å². The highest BCUT2D eigenvalue weighted by Gasteiger charge is 2.18. The highest BCUT2D eigenvalue weighted by atomic mass is 19.2. The van der Waals surface area contributed by atoms with Crippen molar-refractivity contribution in [2.45, 2.75) is 0 Å². The molecule has 0 N–H and O–H groups in total. The van der Waals surface area contributed by atoms with Gasteiger partial charge in [-0.2, -0.15) is 5.26 Å². The summed E-state index contributed by atoms with van der Waals surface area (Å²) in [5.41, 5.74) is -0.980. The van der Waals surface area contributed by atoms with Gasteiger partial charge in [-0.3, -0.25) is 0 Å². The topological polar surface area (TPSA) is 23.8 Å². The van der Waals surface area contributed by atoms with Gasteiger partial charge in [0.1, 0.15) is 11.6 Å². The van der Waals surface area contributed by atoms with Crippen LogP contribution in [0.5, 0.6) is 0 Å². The molecule has 1 radical (unpaired) electrons. The molecule has 0 fully saturated rings. The Bertz CT molecular complexity index is 367. The molecule has 5 heteroatoms. The van der Waals surface area contributed by atoms with Gasteiger partial charge in [0, 0.05) is 6.07 Å². The quantitative estimate of drug-likeness (QED) is 0.335. The third-order valence-corrected chi connectivity index (χ3v) is 1.14. The summed E-state index contributed by atoms with van der Waals surface area (Å²) >= 11 is 0. The summed E-state index contributed by atoms with van der Waals surface area (Å²) in [7, 11) is 0. The zero-order valence-electron chi connectivity index (χ0n) is 5.46. The number of benzene rings is 1. The van der Waals surface area contributed by atoms with Crippen LogP contribution in [0.4, 0.5) is 17.6 Å². The van der Waals surface area contributed by atoms with E-state index in [1.165, 1.54) is 6.07 Å².